The summed E-state index contributed by atoms with van der Waals surface area (Å²) in [5.74, 6) is 2.91. The van der Waals surface area contributed by atoms with Crippen LogP contribution in [0.2, 0.25) is 0 Å². The number of carbonyl (C=O) groups excluding carboxylic acids is 1. The molecule has 1 aliphatic carbocycles. The zero-order valence-electron chi connectivity index (χ0n) is 10.7. The van der Waals surface area contributed by atoms with Crippen LogP contribution in [0.25, 0.3) is 0 Å². The van der Waals surface area contributed by atoms with Gasteiger partial charge in [-0.2, -0.15) is 0 Å². The van der Waals surface area contributed by atoms with Gasteiger partial charge in [-0.15, -0.1) is 6.42 Å². The van der Waals surface area contributed by atoms with Crippen molar-refractivity contribution < 1.29 is 4.79 Å². The van der Waals surface area contributed by atoms with Gasteiger partial charge in [-0.3, -0.25) is 9.59 Å². The number of pyridine rings is 1. The molecule has 1 amide bonds. The van der Waals surface area contributed by atoms with Crippen LogP contribution in [0.1, 0.15) is 12.8 Å². The number of rotatable bonds is 5. The van der Waals surface area contributed by atoms with Crippen LogP contribution >= 0.6 is 0 Å². The number of anilines is 1. The highest BCUT2D eigenvalue weighted by molar-refractivity contribution is 5.76. The van der Waals surface area contributed by atoms with E-state index < -0.39 is 0 Å². The molecule has 0 bridgehead atoms. The average Bonchev–Trinajstić information content (AvgIpc) is 3.17. The van der Waals surface area contributed by atoms with E-state index in [-0.39, 0.29) is 24.6 Å². The van der Waals surface area contributed by atoms with E-state index in [1.165, 1.54) is 22.9 Å². The van der Waals surface area contributed by atoms with E-state index in [2.05, 4.69) is 5.92 Å². The minimum Gasteiger partial charge on any atom is -0.398 e. The lowest BCUT2D eigenvalue weighted by Crippen LogP contribution is -2.37. The number of nitrogens with zero attached hydrogens (tertiary/aromatic N) is 2. The van der Waals surface area contributed by atoms with Crippen LogP contribution in [-0.4, -0.2) is 28.5 Å². The molecule has 0 aromatic carbocycles. The van der Waals surface area contributed by atoms with E-state index in [0.29, 0.717) is 18.2 Å². The summed E-state index contributed by atoms with van der Waals surface area (Å²) in [6, 6.07) is 2.88. The normalized spacial score (nSPS) is 13.8. The third-order valence-electron chi connectivity index (χ3n) is 3.12. The number of aromatic nitrogens is 1. The van der Waals surface area contributed by atoms with E-state index in [0.717, 1.165) is 12.8 Å². The van der Waals surface area contributed by atoms with Crippen LogP contribution in [-0.2, 0) is 11.3 Å². The Morgan fingerprint density at radius 3 is 2.89 bits per heavy atom. The number of hydrogen-bond acceptors (Lipinski definition) is 3. The molecule has 1 saturated carbocycles. The van der Waals surface area contributed by atoms with Gasteiger partial charge in [0.25, 0.3) is 5.56 Å². The van der Waals surface area contributed by atoms with Gasteiger partial charge in [0.05, 0.1) is 6.54 Å². The molecule has 100 valence electrons. The summed E-state index contributed by atoms with van der Waals surface area (Å²) >= 11 is 0. The van der Waals surface area contributed by atoms with E-state index in [1.807, 2.05) is 0 Å². The van der Waals surface area contributed by atoms with Gasteiger partial charge >= 0.3 is 0 Å². The van der Waals surface area contributed by atoms with Crippen molar-refractivity contribution in [3.05, 3.63) is 28.7 Å². The minimum absolute atomic E-state index is 0.0156. The first-order valence-electron chi connectivity index (χ1n) is 6.27. The van der Waals surface area contributed by atoms with Crippen molar-refractivity contribution in [2.24, 2.45) is 5.92 Å². The molecule has 1 aromatic rings. The molecule has 0 atom stereocenters. The Morgan fingerprint density at radius 1 is 1.53 bits per heavy atom. The fourth-order valence-electron chi connectivity index (χ4n) is 1.90. The smallest absolute Gasteiger partial charge is 0.251 e. The molecular weight excluding hydrogens is 242 g/mol. The van der Waals surface area contributed by atoms with E-state index in [9.17, 15) is 9.59 Å². The summed E-state index contributed by atoms with van der Waals surface area (Å²) in [5.41, 5.74) is 5.83. The molecule has 1 aromatic heterocycles. The van der Waals surface area contributed by atoms with Gasteiger partial charge in [-0.05, 0) is 24.8 Å². The van der Waals surface area contributed by atoms with Crippen LogP contribution < -0.4 is 11.3 Å². The van der Waals surface area contributed by atoms with Gasteiger partial charge in [0.2, 0.25) is 5.91 Å². The van der Waals surface area contributed by atoms with Crippen molar-refractivity contribution in [1.29, 1.82) is 0 Å². The third kappa shape index (κ3) is 3.62. The van der Waals surface area contributed by atoms with E-state index in [4.69, 9.17) is 12.2 Å². The summed E-state index contributed by atoms with van der Waals surface area (Å²) in [6.45, 7) is 0.949. The number of amides is 1. The van der Waals surface area contributed by atoms with Crippen molar-refractivity contribution in [3.8, 4) is 12.3 Å². The van der Waals surface area contributed by atoms with Gasteiger partial charge in [0.15, 0.2) is 0 Å². The summed E-state index contributed by atoms with van der Waals surface area (Å²) < 4.78 is 1.31. The molecule has 5 heteroatoms. The van der Waals surface area contributed by atoms with Crippen molar-refractivity contribution in [3.63, 3.8) is 0 Å². The number of terminal acetylenes is 1. The van der Waals surface area contributed by atoms with Crippen molar-refractivity contribution >= 4 is 11.6 Å². The largest absolute Gasteiger partial charge is 0.398 e. The Morgan fingerprint density at radius 2 is 2.26 bits per heavy atom. The van der Waals surface area contributed by atoms with Crippen LogP contribution in [0, 0.1) is 18.3 Å². The first kappa shape index (κ1) is 13.2. The van der Waals surface area contributed by atoms with Crippen molar-refractivity contribution in [2.75, 3.05) is 18.8 Å². The number of nitrogens with two attached hydrogens (primary N) is 1. The average molecular weight is 259 g/mol. The van der Waals surface area contributed by atoms with Gasteiger partial charge < -0.3 is 15.2 Å². The van der Waals surface area contributed by atoms with Crippen molar-refractivity contribution in [2.45, 2.75) is 19.4 Å². The van der Waals surface area contributed by atoms with Crippen LogP contribution in [0.5, 0.6) is 0 Å². The Kier molecular flexibility index (Phi) is 3.91. The summed E-state index contributed by atoms with van der Waals surface area (Å²) in [6.07, 6.45) is 9.05. The maximum absolute atomic E-state index is 12.2. The van der Waals surface area contributed by atoms with Gasteiger partial charge in [0.1, 0.15) is 6.54 Å². The quantitative estimate of drug-likeness (QED) is 0.773. The summed E-state index contributed by atoms with van der Waals surface area (Å²) in [4.78, 5) is 25.4. The van der Waals surface area contributed by atoms with Crippen LogP contribution in [0.15, 0.2) is 23.1 Å². The molecule has 0 aliphatic heterocycles. The summed E-state index contributed by atoms with van der Waals surface area (Å²) in [7, 11) is 0. The highest BCUT2D eigenvalue weighted by atomic mass is 16.2. The lowest BCUT2D eigenvalue weighted by molar-refractivity contribution is -0.131. The molecule has 5 nitrogen and oxygen atoms in total. The van der Waals surface area contributed by atoms with Crippen molar-refractivity contribution in [1.82, 2.24) is 9.47 Å². The molecule has 0 unspecified atom stereocenters. The molecule has 2 N–H and O–H groups in total. The zero-order valence-corrected chi connectivity index (χ0v) is 10.7. The van der Waals surface area contributed by atoms with Gasteiger partial charge in [0, 0.05) is 24.5 Å². The molecule has 1 heterocycles. The SMILES string of the molecule is C#CCN(CC1CC1)C(=O)Cn1cc(N)ccc1=O. The van der Waals surface area contributed by atoms with Gasteiger partial charge in [-0.25, -0.2) is 0 Å². The molecule has 19 heavy (non-hydrogen) atoms. The van der Waals surface area contributed by atoms with Crippen LogP contribution in [0.3, 0.4) is 0 Å². The maximum Gasteiger partial charge on any atom is 0.251 e. The molecule has 0 radical (unpaired) electrons. The Labute approximate surface area is 112 Å². The third-order valence-corrected chi connectivity index (χ3v) is 3.12. The fourth-order valence-corrected chi connectivity index (χ4v) is 1.90. The monoisotopic (exact) mass is 259 g/mol. The van der Waals surface area contributed by atoms with E-state index in [1.54, 1.807) is 4.90 Å². The molecule has 0 saturated heterocycles. The van der Waals surface area contributed by atoms with E-state index >= 15 is 0 Å². The Hall–Kier alpha value is -2.22. The standard InChI is InChI=1S/C14H17N3O2/c1-2-7-16(8-11-3-4-11)14(19)10-17-9-12(15)5-6-13(17)18/h1,5-6,9,11H,3-4,7-8,10,15H2. The number of nitrogen functional groups attached to an aromatic ring is 1. The zero-order chi connectivity index (χ0) is 13.8. The predicted octanol–water partition coefficient (Wildman–Crippen LogP) is 0.302. The second-order valence-electron chi connectivity index (χ2n) is 4.85. The number of carbonyl (C=O) groups is 1. The number of hydrogen-bond donors (Lipinski definition) is 1. The molecular formula is C14H17N3O2. The van der Waals surface area contributed by atoms with Gasteiger partial charge in [-0.1, -0.05) is 5.92 Å². The molecule has 1 fully saturated rings. The Balaban J connectivity index is 2.07. The maximum atomic E-state index is 12.2. The highest BCUT2D eigenvalue weighted by Gasteiger charge is 2.26. The summed E-state index contributed by atoms with van der Waals surface area (Å²) in [5, 5.41) is 0. The first-order chi connectivity index (χ1) is 9.10. The molecule has 2 rings (SSSR count). The second-order valence-corrected chi connectivity index (χ2v) is 4.85. The first-order valence-corrected chi connectivity index (χ1v) is 6.27. The fraction of sp³-hybridized carbons (Fsp3) is 0.429. The predicted molar refractivity (Wildman–Crippen MR) is 73.3 cm³/mol. The highest BCUT2D eigenvalue weighted by Crippen LogP contribution is 2.29. The lowest BCUT2D eigenvalue weighted by Gasteiger charge is -2.20. The van der Waals surface area contributed by atoms with Crippen LogP contribution in [0.4, 0.5) is 5.69 Å². The Bertz CT molecular complexity index is 567. The topological polar surface area (TPSA) is 68.3 Å². The minimum atomic E-state index is -0.241. The second kappa shape index (κ2) is 5.61. The lowest BCUT2D eigenvalue weighted by atomic mass is 10.3. The molecule has 0 spiro atoms. The molecule has 1 aliphatic rings.